The summed E-state index contributed by atoms with van der Waals surface area (Å²) in [5.74, 6) is 5.05. The third-order valence-electron chi connectivity index (χ3n) is 2.23. The summed E-state index contributed by atoms with van der Waals surface area (Å²) in [6, 6.07) is 8.23. The van der Waals surface area contributed by atoms with Gasteiger partial charge in [0, 0.05) is 17.0 Å². The summed E-state index contributed by atoms with van der Waals surface area (Å²) in [5.41, 5.74) is 2.53. The predicted octanol–water partition coefficient (Wildman–Crippen LogP) is -0.103. The fourth-order valence-corrected chi connectivity index (χ4v) is 1.41. The van der Waals surface area contributed by atoms with Gasteiger partial charge in [-0.3, -0.25) is 15.0 Å². The molecule has 1 amide bonds. The molecule has 0 saturated carbocycles. The normalized spacial score (nSPS) is 10.2. The number of aromatic amines is 1. The first kappa shape index (κ1) is 11.2. The average molecular weight is 233 g/mol. The molecule has 17 heavy (non-hydrogen) atoms. The van der Waals surface area contributed by atoms with Crippen LogP contribution in [0.2, 0.25) is 0 Å². The first-order valence-electron chi connectivity index (χ1n) is 4.94. The number of ether oxygens (including phenoxy) is 1. The molecule has 0 aliphatic heterocycles. The molecule has 0 saturated heterocycles. The third kappa shape index (κ3) is 2.61. The first-order valence-corrected chi connectivity index (χ1v) is 4.94. The molecule has 0 fully saturated rings. The summed E-state index contributed by atoms with van der Waals surface area (Å²) < 4.78 is 5.21. The summed E-state index contributed by atoms with van der Waals surface area (Å²) in [6.45, 7) is -0.147. The van der Waals surface area contributed by atoms with Gasteiger partial charge >= 0.3 is 0 Å². The zero-order valence-electron chi connectivity index (χ0n) is 8.90. The van der Waals surface area contributed by atoms with Gasteiger partial charge < -0.3 is 9.72 Å². The van der Waals surface area contributed by atoms with Gasteiger partial charge in [0.05, 0.1) is 0 Å². The molecule has 6 heteroatoms. The number of nitrogens with one attached hydrogen (secondary N) is 2. The lowest BCUT2D eigenvalue weighted by molar-refractivity contribution is -0.123. The number of aromatic nitrogens is 1. The fraction of sp³-hybridized carbons (Fsp3) is 0.0909. The van der Waals surface area contributed by atoms with E-state index in [-0.39, 0.29) is 12.2 Å². The second-order valence-electron chi connectivity index (χ2n) is 3.43. The Hall–Kier alpha value is -2.34. The largest absolute Gasteiger partial charge is 0.484 e. The second kappa shape index (κ2) is 4.67. The van der Waals surface area contributed by atoms with Crippen molar-refractivity contribution in [1.29, 1.82) is 0 Å². The molecule has 2 rings (SSSR count). The maximum atomic E-state index is 11.1. The van der Waals surface area contributed by atoms with Gasteiger partial charge in [-0.05, 0) is 24.3 Å². The molecule has 0 bridgehead atoms. The van der Waals surface area contributed by atoms with Crippen LogP contribution in [0.3, 0.4) is 0 Å². The van der Waals surface area contributed by atoms with E-state index >= 15 is 0 Å². The molecule has 1 heterocycles. The van der Waals surface area contributed by atoms with Gasteiger partial charge in [0.25, 0.3) is 5.91 Å². The molecule has 4 N–H and O–H groups in total. The molecular weight excluding hydrogens is 222 g/mol. The van der Waals surface area contributed by atoms with Gasteiger partial charge in [-0.15, -0.1) is 0 Å². The highest BCUT2D eigenvalue weighted by molar-refractivity contribution is 5.80. The average Bonchev–Trinajstić information content (AvgIpc) is 2.35. The number of hydrogen-bond acceptors (Lipinski definition) is 4. The molecular formula is C11H11N3O3. The Morgan fingerprint density at radius 2 is 2.18 bits per heavy atom. The Morgan fingerprint density at radius 1 is 1.35 bits per heavy atom. The summed E-state index contributed by atoms with van der Waals surface area (Å²) in [5, 5.41) is 0.829. The van der Waals surface area contributed by atoms with E-state index in [4.69, 9.17) is 10.6 Å². The number of H-pyrrole nitrogens is 1. The lowest BCUT2D eigenvalue weighted by atomic mass is 10.2. The van der Waals surface area contributed by atoms with Crippen molar-refractivity contribution in [2.24, 2.45) is 5.84 Å². The lowest BCUT2D eigenvalue weighted by Crippen LogP contribution is -2.34. The number of amides is 1. The highest BCUT2D eigenvalue weighted by Gasteiger charge is 2.01. The van der Waals surface area contributed by atoms with Crippen molar-refractivity contribution in [3.63, 3.8) is 0 Å². The van der Waals surface area contributed by atoms with E-state index in [1.54, 1.807) is 24.3 Å². The summed E-state index contributed by atoms with van der Waals surface area (Å²) >= 11 is 0. The summed E-state index contributed by atoms with van der Waals surface area (Å²) in [7, 11) is 0. The number of carbonyl (C=O) groups excluding carboxylic acids is 1. The van der Waals surface area contributed by atoms with Crippen molar-refractivity contribution in [2.75, 3.05) is 6.61 Å². The zero-order chi connectivity index (χ0) is 12.3. The maximum absolute atomic E-state index is 11.1. The molecule has 88 valence electrons. The van der Waals surface area contributed by atoms with Crippen LogP contribution in [0.4, 0.5) is 0 Å². The monoisotopic (exact) mass is 233 g/mol. The van der Waals surface area contributed by atoms with Crippen LogP contribution in [-0.4, -0.2) is 17.5 Å². The molecule has 1 aromatic carbocycles. The van der Waals surface area contributed by atoms with E-state index in [0.717, 1.165) is 5.39 Å². The second-order valence-corrected chi connectivity index (χ2v) is 3.43. The Labute approximate surface area is 96.4 Å². The van der Waals surface area contributed by atoms with Crippen molar-refractivity contribution in [2.45, 2.75) is 0 Å². The third-order valence-corrected chi connectivity index (χ3v) is 2.23. The Kier molecular flexibility index (Phi) is 3.06. The number of rotatable bonds is 3. The fourth-order valence-electron chi connectivity index (χ4n) is 1.41. The highest BCUT2D eigenvalue weighted by Crippen LogP contribution is 2.17. The van der Waals surface area contributed by atoms with Crippen LogP contribution in [0.5, 0.6) is 5.75 Å². The standard InChI is InChI=1S/C11H11N3O3/c12-14-11(16)6-17-8-2-3-9-7(5-8)1-4-10(15)13-9/h1-5H,6,12H2,(H,13,15)(H,14,16). The van der Waals surface area contributed by atoms with Crippen LogP contribution < -0.4 is 21.6 Å². The Balaban J connectivity index is 2.23. The maximum Gasteiger partial charge on any atom is 0.271 e. The van der Waals surface area contributed by atoms with Gasteiger partial charge in [-0.2, -0.15) is 0 Å². The molecule has 6 nitrogen and oxygen atoms in total. The van der Waals surface area contributed by atoms with Gasteiger partial charge in [0.2, 0.25) is 5.56 Å². The van der Waals surface area contributed by atoms with Crippen LogP contribution in [-0.2, 0) is 4.79 Å². The van der Waals surface area contributed by atoms with Crippen molar-refractivity contribution >= 4 is 16.8 Å². The molecule has 0 radical (unpaired) electrons. The predicted molar refractivity (Wildman–Crippen MR) is 62.4 cm³/mol. The minimum atomic E-state index is -0.411. The topological polar surface area (TPSA) is 97.2 Å². The van der Waals surface area contributed by atoms with Gasteiger partial charge in [0.1, 0.15) is 5.75 Å². The van der Waals surface area contributed by atoms with Gasteiger partial charge in [0.15, 0.2) is 6.61 Å². The SMILES string of the molecule is NNC(=O)COc1ccc2[nH]c(=O)ccc2c1. The van der Waals surface area contributed by atoms with Crippen molar-refractivity contribution in [3.8, 4) is 5.75 Å². The van der Waals surface area contributed by atoms with E-state index in [9.17, 15) is 9.59 Å². The number of nitrogens with two attached hydrogens (primary N) is 1. The zero-order valence-corrected chi connectivity index (χ0v) is 8.90. The molecule has 0 atom stereocenters. The van der Waals surface area contributed by atoms with E-state index in [1.165, 1.54) is 6.07 Å². The van der Waals surface area contributed by atoms with Crippen molar-refractivity contribution < 1.29 is 9.53 Å². The molecule has 0 aliphatic rings. The molecule has 0 aliphatic carbocycles. The number of benzene rings is 1. The summed E-state index contributed by atoms with van der Waals surface area (Å²) in [6.07, 6.45) is 0. The minimum absolute atomic E-state index is 0.147. The lowest BCUT2D eigenvalue weighted by Gasteiger charge is -2.05. The van der Waals surface area contributed by atoms with Crippen molar-refractivity contribution in [1.82, 2.24) is 10.4 Å². The molecule has 0 unspecified atom stereocenters. The van der Waals surface area contributed by atoms with Crippen molar-refractivity contribution in [3.05, 3.63) is 40.7 Å². The van der Waals surface area contributed by atoms with E-state index < -0.39 is 5.91 Å². The number of pyridine rings is 1. The number of carbonyl (C=O) groups is 1. The van der Waals surface area contributed by atoms with Gasteiger partial charge in [-0.25, -0.2) is 5.84 Å². The van der Waals surface area contributed by atoms with E-state index in [2.05, 4.69) is 4.98 Å². The molecule has 1 aromatic heterocycles. The van der Waals surface area contributed by atoms with Crippen LogP contribution >= 0.6 is 0 Å². The number of fused-ring (bicyclic) bond motifs is 1. The van der Waals surface area contributed by atoms with Crippen LogP contribution in [0.1, 0.15) is 0 Å². The van der Waals surface area contributed by atoms with Crippen LogP contribution in [0.15, 0.2) is 35.1 Å². The summed E-state index contributed by atoms with van der Waals surface area (Å²) in [4.78, 5) is 24.6. The molecule has 0 spiro atoms. The quantitative estimate of drug-likeness (QED) is 0.391. The minimum Gasteiger partial charge on any atom is -0.484 e. The first-order chi connectivity index (χ1) is 8.19. The van der Waals surface area contributed by atoms with Crippen LogP contribution in [0.25, 0.3) is 10.9 Å². The smallest absolute Gasteiger partial charge is 0.271 e. The highest BCUT2D eigenvalue weighted by atomic mass is 16.5. The Bertz CT molecular complexity index is 606. The van der Waals surface area contributed by atoms with Crippen LogP contribution in [0, 0.1) is 0 Å². The number of hydrazine groups is 1. The number of hydrogen-bond donors (Lipinski definition) is 3. The molecule has 2 aromatic rings. The Morgan fingerprint density at radius 3 is 2.94 bits per heavy atom. The van der Waals surface area contributed by atoms with Gasteiger partial charge in [-0.1, -0.05) is 0 Å². The van der Waals surface area contributed by atoms with E-state index in [1.807, 2.05) is 5.43 Å². The van der Waals surface area contributed by atoms with E-state index in [0.29, 0.717) is 11.3 Å².